The fourth-order valence-corrected chi connectivity index (χ4v) is 1.32. The quantitative estimate of drug-likeness (QED) is 0.576. The second kappa shape index (κ2) is 4.70. The Bertz CT molecular complexity index is 97.5. The van der Waals surface area contributed by atoms with Gasteiger partial charge < -0.3 is 15.5 Å². The lowest BCUT2D eigenvalue weighted by Gasteiger charge is -2.13. The van der Waals surface area contributed by atoms with Crippen molar-refractivity contribution in [3.63, 3.8) is 0 Å². The Hall–Kier alpha value is -0.120. The van der Waals surface area contributed by atoms with E-state index in [0.29, 0.717) is 0 Å². The maximum absolute atomic E-state index is 3.51. The minimum atomic E-state index is 0.718. The molecule has 3 nitrogen and oxygen atoms in total. The molecule has 1 atom stereocenters. The Morgan fingerprint density at radius 2 is 2.36 bits per heavy atom. The summed E-state index contributed by atoms with van der Waals surface area (Å²) in [5, 5.41) is 6.84. The summed E-state index contributed by atoms with van der Waals surface area (Å²) in [6.45, 7) is 4.57. The third kappa shape index (κ3) is 3.70. The summed E-state index contributed by atoms with van der Waals surface area (Å²) in [7, 11) is 4.21. The smallest absolute Gasteiger partial charge is 0.0205 e. The van der Waals surface area contributed by atoms with E-state index in [-0.39, 0.29) is 0 Å². The van der Waals surface area contributed by atoms with Crippen molar-refractivity contribution in [1.82, 2.24) is 15.5 Å². The molecule has 0 radical (unpaired) electrons. The topological polar surface area (TPSA) is 27.3 Å². The molecule has 11 heavy (non-hydrogen) atoms. The van der Waals surface area contributed by atoms with Gasteiger partial charge in [-0.2, -0.15) is 0 Å². The lowest BCUT2D eigenvalue weighted by Crippen LogP contribution is -2.35. The van der Waals surface area contributed by atoms with Crippen molar-refractivity contribution in [2.75, 3.05) is 40.3 Å². The van der Waals surface area contributed by atoms with Crippen LogP contribution in [0.15, 0.2) is 0 Å². The van der Waals surface area contributed by atoms with Crippen molar-refractivity contribution >= 4 is 0 Å². The summed E-state index contributed by atoms with van der Waals surface area (Å²) >= 11 is 0. The molecule has 3 heteroatoms. The van der Waals surface area contributed by atoms with E-state index in [1.54, 1.807) is 0 Å². The first kappa shape index (κ1) is 8.97. The largest absolute Gasteiger partial charge is 0.315 e. The molecule has 1 rings (SSSR count). The summed E-state index contributed by atoms with van der Waals surface area (Å²) in [5.74, 6) is 0. The van der Waals surface area contributed by atoms with Crippen LogP contribution in [0.1, 0.15) is 6.42 Å². The highest BCUT2D eigenvalue weighted by Gasteiger charge is 2.12. The van der Waals surface area contributed by atoms with Crippen LogP contribution in [-0.2, 0) is 0 Å². The predicted octanol–water partition coefficient (Wildman–Crippen LogP) is -0.500. The molecule has 2 N–H and O–H groups in total. The summed E-state index contributed by atoms with van der Waals surface area (Å²) in [6, 6.07) is 0.718. The second-order valence-corrected chi connectivity index (χ2v) is 3.45. The van der Waals surface area contributed by atoms with E-state index in [0.717, 1.165) is 25.7 Å². The first-order valence-electron chi connectivity index (χ1n) is 4.38. The van der Waals surface area contributed by atoms with Gasteiger partial charge in [0.1, 0.15) is 0 Å². The van der Waals surface area contributed by atoms with Gasteiger partial charge in [-0.05, 0) is 27.1 Å². The number of nitrogens with zero attached hydrogens (tertiary/aromatic N) is 1. The van der Waals surface area contributed by atoms with Crippen LogP contribution in [0.5, 0.6) is 0 Å². The Balaban J connectivity index is 1.94. The molecular weight excluding hydrogens is 138 g/mol. The number of likely N-dealkylation sites (N-methyl/N-ethyl adjacent to an activating group) is 1. The molecule has 1 fully saturated rings. The van der Waals surface area contributed by atoms with Crippen molar-refractivity contribution in [2.24, 2.45) is 0 Å². The average Bonchev–Trinajstić information content (AvgIpc) is 2.39. The minimum absolute atomic E-state index is 0.718. The van der Waals surface area contributed by atoms with Gasteiger partial charge in [-0.1, -0.05) is 0 Å². The van der Waals surface area contributed by atoms with Crippen LogP contribution in [0.2, 0.25) is 0 Å². The molecule has 0 aromatic carbocycles. The molecule has 66 valence electrons. The zero-order valence-electron chi connectivity index (χ0n) is 7.56. The molecule has 1 heterocycles. The first-order valence-corrected chi connectivity index (χ1v) is 4.38. The van der Waals surface area contributed by atoms with Crippen LogP contribution in [0.4, 0.5) is 0 Å². The molecule has 0 saturated carbocycles. The molecule has 1 aliphatic heterocycles. The molecule has 0 aromatic heterocycles. The highest BCUT2D eigenvalue weighted by molar-refractivity contribution is 4.77. The van der Waals surface area contributed by atoms with Crippen molar-refractivity contribution in [1.29, 1.82) is 0 Å². The van der Waals surface area contributed by atoms with Crippen molar-refractivity contribution in [3.8, 4) is 0 Å². The summed E-state index contributed by atoms with van der Waals surface area (Å²) in [5.41, 5.74) is 0. The number of nitrogens with one attached hydrogen (secondary N) is 2. The van der Waals surface area contributed by atoms with Gasteiger partial charge in [0.15, 0.2) is 0 Å². The van der Waals surface area contributed by atoms with E-state index >= 15 is 0 Å². The predicted molar refractivity (Wildman–Crippen MR) is 47.8 cm³/mol. The van der Waals surface area contributed by atoms with Gasteiger partial charge in [0.2, 0.25) is 0 Å². The van der Waals surface area contributed by atoms with E-state index in [9.17, 15) is 0 Å². The maximum Gasteiger partial charge on any atom is 0.0205 e. The third-order valence-electron chi connectivity index (χ3n) is 2.05. The molecule has 0 amide bonds. The van der Waals surface area contributed by atoms with Gasteiger partial charge in [-0.15, -0.1) is 0 Å². The van der Waals surface area contributed by atoms with E-state index in [2.05, 4.69) is 29.6 Å². The van der Waals surface area contributed by atoms with Crippen molar-refractivity contribution in [2.45, 2.75) is 12.5 Å². The molecule has 0 aromatic rings. The van der Waals surface area contributed by atoms with Gasteiger partial charge in [-0.3, -0.25) is 0 Å². The van der Waals surface area contributed by atoms with Crippen molar-refractivity contribution in [3.05, 3.63) is 0 Å². The van der Waals surface area contributed by atoms with Crippen LogP contribution < -0.4 is 10.6 Å². The van der Waals surface area contributed by atoms with Gasteiger partial charge >= 0.3 is 0 Å². The average molecular weight is 157 g/mol. The molecule has 1 unspecified atom stereocenters. The SMILES string of the molecule is CN(C)CCNC1CCNC1. The fraction of sp³-hybridized carbons (Fsp3) is 1.00. The van der Waals surface area contributed by atoms with Gasteiger partial charge in [0.25, 0.3) is 0 Å². The van der Waals surface area contributed by atoms with Crippen LogP contribution in [0.3, 0.4) is 0 Å². The molecular formula is C8H19N3. The summed E-state index contributed by atoms with van der Waals surface area (Å²) in [4.78, 5) is 2.20. The van der Waals surface area contributed by atoms with E-state index in [4.69, 9.17) is 0 Å². The van der Waals surface area contributed by atoms with E-state index in [1.165, 1.54) is 13.0 Å². The van der Waals surface area contributed by atoms with Crippen LogP contribution in [0.25, 0.3) is 0 Å². The Kier molecular flexibility index (Phi) is 3.83. The number of hydrogen-bond acceptors (Lipinski definition) is 3. The van der Waals surface area contributed by atoms with Gasteiger partial charge in [-0.25, -0.2) is 0 Å². The van der Waals surface area contributed by atoms with E-state index in [1.807, 2.05) is 0 Å². The lowest BCUT2D eigenvalue weighted by atomic mass is 10.2. The molecule has 0 bridgehead atoms. The zero-order chi connectivity index (χ0) is 8.10. The second-order valence-electron chi connectivity index (χ2n) is 3.45. The monoisotopic (exact) mass is 157 g/mol. The molecule has 1 aliphatic rings. The molecule has 0 spiro atoms. The normalized spacial score (nSPS) is 24.8. The highest BCUT2D eigenvalue weighted by atomic mass is 15.1. The van der Waals surface area contributed by atoms with Gasteiger partial charge in [0, 0.05) is 25.7 Å². The van der Waals surface area contributed by atoms with Crippen molar-refractivity contribution < 1.29 is 0 Å². The number of hydrogen-bond donors (Lipinski definition) is 2. The standard InChI is InChI=1S/C8H19N3/c1-11(2)6-5-10-8-3-4-9-7-8/h8-10H,3-7H2,1-2H3. The van der Waals surface area contributed by atoms with Gasteiger partial charge in [0.05, 0.1) is 0 Å². The third-order valence-corrected chi connectivity index (χ3v) is 2.05. The lowest BCUT2D eigenvalue weighted by molar-refractivity contribution is 0.387. The highest BCUT2D eigenvalue weighted by Crippen LogP contribution is 1.95. The summed E-state index contributed by atoms with van der Waals surface area (Å²) in [6.07, 6.45) is 1.29. The Morgan fingerprint density at radius 1 is 1.55 bits per heavy atom. The van der Waals surface area contributed by atoms with E-state index < -0.39 is 0 Å². The first-order chi connectivity index (χ1) is 5.29. The Morgan fingerprint density at radius 3 is 2.91 bits per heavy atom. The fourth-order valence-electron chi connectivity index (χ4n) is 1.32. The maximum atomic E-state index is 3.51. The molecule has 1 saturated heterocycles. The zero-order valence-corrected chi connectivity index (χ0v) is 7.56. The summed E-state index contributed by atoms with van der Waals surface area (Å²) < 4.78 is 0. The van der Waals surface area contributed by atoms with Crippen LogP contribution >= 0.6 is 0 Å². The minimum Gasteiger partial charge on any atom is -0.315 e. The number of rotatable bonds is 4. The Labute approximate surface area is 69.1 Å². The van der Waals surface area contributed by atoms with Crippen LogP contribution in [0, 0.1) is 0 Å². The van der Waals surface area contributed by atoms with Crippen LogP contribution in [-0.4, -0.2) is 51.2 Å². The molecule has 0 aliphatic carbocycles.